The molecule has 168 valence electrons. The molecule has 0 bridgehead atoms. The van der Waals surface area contributed by atoms with Crippen molar-refractivity contribution >= 4 is 16.7 Å². The lowest BCUT2D eigenvalue weighted by molar-refractivity contribution is -0.183. The van der Waals surface area contributed by atoms with E-state index in [2.05, 4.69) is 44.2 Å². The Kier molecular flexibility index (Phi) is 6.39. The number of rotatable bonds is 7. The third-order valence-electron chi connectivity index (χ3n) is 7.36. The van der Waals surface area contributed by atoms with Crippen LogP contribution in [0, 0.1) is 5.41 Å². The van der Waals surface area contributed by atoms with Gasteiger partial charge in [0.15, 0.2) is 5.60 Å². The summed E-state index contributed by atoms with van der Waals surface area (Å²) >= 11 is 0. The topological polar surface area (TPSA) is 35.5 Å². The zero-order chi connectivity index (χ0) is 22.8. The Morgan fingerprint density at radius 1 is 1.06 bits per heavy atom. The fourth-order valence-corrected chi connectivity index (χ4v) is 5.15. The molecule has 0 saturated carbocycles. The Balaban J connectivity index is 1.74. The second-order valence-electron chi connectivity index (χ2n) is 9.51. The molecule has 32 heavy (non-hydrogen) atoms. The summed E-state index contributed by atoms with van der Waals surface area (Å²) in [6.07, 6.45) is 5.04. The van der Waals surface area contributed by atoms with E-state index in [4.69, 9.17) is 9.47 Å². The molecule has 0 aromatic heterocycles. The van der Waals surface area contributed by atoms with Crippen molar-refractivity contribution in [3.63, 3.8) is 0 Å². The van der Waals surface area contributed by atoms with E-state index in [1.54, 1.807) is 7.11 Å². The Bertz CT molecular complexity index is 1100. The van der Waals surface area contributed by atoms with Gasteiger partial charge in [-0.2, -0.15) is 0 Å². The van der Waals surface area contributed by atoms with Crippen LogP contribution >= 0.6 is 0 Å². The molecule has 0 N–H and O–H groups in total. The van der Waals surface area contributed by atoms with Crippen LogP contribution in [0.5, 0.6) is 0 Å². The van der Waals surface area contributed by atoms with E-state index in [0.29, 0.717) is 0 Å². The van der Waals surface area contributed by atoms with Gasteiger partial charge in [-0.15, -0.1) is 0 Å². The molecular weight excluding hydrogens is 396 g/mol. The first kappa shape index (κ1) is 22.5. The van der Waals surface area contributed by atoms with Gasteiger partial charge in [0.25, 0.3) is 0 Å². The van der Waals surface area contributed by atoms with E-state index >= 15 is 0 Å². The Morgan fingerprint density at radius 3 is 2.56 bits per heavy atom. The van der Waals surface area contributed by atoms with Gasteiger partial charge in [0.1, 0.15) is 6.10 Å². The Morgan fingerprint density at radius 2 is 1.78 bits per heavy atom. The number of ether oxygens (including phenoxy) is 2. The van der Waals surface area contributed by atoms with Crippen LogP contribution in [0.3, 0.4) is 0 Å². The summed E-state index contributed by atoms with van der Waals surface area (Å²) in [5, 5.41) is 2.09. The maximum Gasteiger partial charge on any atom is 0.343 e. The van der Waals surface area contributed by atoms with Crippen molar-refractivity contribution in [1.82, 2.24) is 0 Å². The van der Waals surface area contributed by atoms with Crippen LogP contribution in [0.2, 0.25) is 0 Å². The van der Waals surface area contributed by atoms with Crippen LogP contribution in [0.25, 0.3) is 10.8 Å². The number of benzene rings is 3. The lowest BCUT2D eigenvalue weighted by Crippen LogP contribution is -2.41. The lowest BCUT2D eigenvalue weighted by atomic mass is 9.68. The Hall–Kier alpha value is -2.65. The summed E-state index contributed by atoms with van der Waals surface area (Å²) in [6.45, 7) is 6.32. The van der Waals surface area contributed by atoms with Gasteiger partial charge in [0, 0.05) is 18.1 Å². The minimum atomic E-state index is -1.20. The van der Waals surface area contributed by atoms with Crippen molar-refractivity contribution in [2.75, 3.05) is 7.11 Å². The molecule has 1 aliphatic carbocycles. The van der Waals surface area contributed by atoms with Crippen LogP contribution in [-0.2, 0) is 26.3 Å². The average Bonchev–Trinajstić information content (AvgIpc) is 2.83. The fraction of sp³-hybridized carbons (Fsp3) is 0.414. The molecule has 0 aliphatic heterocycles. The van der Waals surface area contributed by atoms with Crippen molar-refractivity contribution in [2.45, 2.75) is 64.6 Å². The van der Waals surface area contributed by atoms with E-state index in [9.17, 15) is 4.79 Å². The van der Waals surface area contributed by atoms with Gasteiger partial charge in [-0.25, -0.2) is 4.79 Å². The van der Waals surface area contributed by atoms with Crippen LogP contribution in [0.1, 0.15) is 69.2 Å². The van der Waals surface area contributed by atoms with Gasteiger partial charge < -0.3 is 9.47 Å². The van der Waals surface area contributed by atoms with Gasteiger partial charge in [-0.05, 0) is 48.1 Å². The van der Waals surface area contributed by atoms with Gasteiger partial charge in [-0.3, -0.25) is 0 Å². The van der Waals surface area contributed by atoms with Crippen molar-refractivity contribution in [1.29, 1.82) is 0 Å². The zero-order valence-electron chi connectivity index (χ0n) is 19.7. The highest BCUT2D eigenvalue weighted by molar-refractivity contribution is 5.92. The molecule has 4 rings (SSSR count). The number of hydrogen-bond acceptors (Lipinski definition) is 3. The second kappa shape index (κ2) is 9.07. The number of fused-ring (bicyclic) bond motifs is 2. The highest BCUT2D eigenvalue weighted by atomic mass is 16.6. The number of methoxy groups -OCH3 is 1. The number of carbonyl (C=O) groups excluding carboxylic acids is 1. The molecule has 3 aromatic carbocycles. The van der Waals surface area contributed by atoms with Gasteiger partial charge in [0.2, 0.25) is 0 Å². The largest absolute Gasteiger partial charge is 0.455 e. The molecule has 3 nitrogen and oxygen atoms in total. The maximum absolute atomic E-state index is 13.8. The van der Waals surface area contributed by atoms with E-state index < -0.39 is 5.60 Å². The van der Waals surface area contributed by atoms with Crippen LogP contribution in [-0.4, -0.2) is 13.1 Å². The summed E-state index contributed by atoms with van der Waals surface area (Å²) < 4.78 is 12.3. The molecule has 1 aliphatic rings. The minimum absolute atomic E-state index is 0.0899. The van der Waals surface area contributed by atoms with Crippen molar-refractivity contribution in [3.05, 3.63) is 83.4 Å². The molecule has 0 unspecified atom stereocenters. The molecule has 3 atom stereocenters. The van der Waals surface area contributed by atoms with E-state index in [1.165, 1.54) is 5.56 Å². The third-order valence-corrected chi connectivity index (χ3v) is 7.36. The molecule has 0 spiro atoms. The SMILES string of the molecule is CCCC[C@]1(C)CCc2ccccc2[C@H]1OC(=O)[C@@](C)(OC)c1cccc2ccccc12. The maximum atomic E-state index is 13.8. The van der Waals surface area contributed by atoms with E-state index in [0.717, 1.165) is 54.0 Å². The molecule has 3 aromatic rings. The highest BCUT2D eigenvalue weighted by Crippen LogP contribution is 2.50. The monoisotopic (exact) mass is 430 g/mol. The summed E-state index contributed by atoms with van der Waals surface area (Å²) in [6, 6.07) is 22.5. The van der Waals surface area contributed by atoms with Gasteiger partial charge in [-0.1, -0.05) is 93.4 Å². The summed E-state index contributed by atoms with van der Waals surface area (Å²) in [5.41, 5.74) is 1.97. The molecule has 3 heteroatoms. The summed E-state index contributed by atoms with van der Waals surface area (Å²) in [7, 11) is 1.59. The zero-order valence-corrected chi connectivity index (χ0v) is 19.7. The van der Waals surface area contributed by atoms with Crippen molar-refractivity contribution in [3.8, 4) is 0 Å². The lowest BCUT2D eigenvalue weighted by Gasteiger charge is -2.43. The van der Waals surface area contributed by atoms with Crippen molar-refractivity contribution < 1.29 is 14.3 Å². The number of unbranched alkanes of at least 4 members (excludes halogenated alkanes) is 1. The molecule has 0 fully saturated rings. The first-order chi connectivity index (χ1) is 15.4. The number of aryl methyl sites for hydroxylation is 1. The van der Waals surface area contributed by atoms with E-state index in [-0.39, 0.29) is 17.5 Å². The predicted octanol–water partition coefficient (Wildman–Crippen LogP) is 7.13. The summed E-state index contributed by atoms with van der Waals surface area (Å²) in [4.78, 5) is 13.8. The molecule has 0 radical (unpaired) electrons. The number of esters is 1. The average molecular weight is 431 g/mol. The molecule has 0 saturated heterocycles. The Labute approximate surface area is 191 Å². The predicted molar refractivity (Wildman–Crippen MR) is 130 cm³/mol. The quantitative estimate of drug-likeness (QED) is 0.374. The fourth-order valence-electron chi connectivity index (χ4n) is 5.15. The first-order valence-electron chi connectivity index (χ1n) is 11.8. The normalized spacial score (nSPS) is 22.2. The number of hydrogen-bond donors (Lipinski definition) is 0. The summed E-state index contributed by atoms with van der Waals surface area (Å²) in [5.74, 6) is -0.333. The standard InChI is InChI=1S/C29H34O3/c1-5-6-19-28(2)20-18-22-13-8-10-16-24(22)26(28)32-27(30)29(3,31-4)25-17-11-14-21-12-7-9-15-23(21)25/h7-17,26H,5-6,18-20H2,1-4H3/t26-,28-,29+/m1/s1. The molecule has 0 amide bonds. The molecule has 0 heterocycles. The van der Waals surface area contributed by atoms with Crippen molar-refractivity contribution in [2.24, 2.45) is 5.41 Å². The number of carbonyl (C=O) groups is 1. The second-order valence-corrected chi connectivity index (χ2v) is 9.51. The minimum Gasteiger partial charge on any atom is -0.455 e. The molecular formula is C29H34O3. The van der Waals surface area contributed by atoms with Gasteiger partial charge >= 0.3 is 5.97 Å². The third kappa shape index (κ3) is 3.95. The van der Waals surface area contributed by atoms with Crippen LogP contribution in [0.15, 0.2) is 66.7 Å². The van der Waals surface area contributed by atoms with E-state index in [1.807, 2.05) is 43.3 Å². The van der Waals surface area contributed by atoms with Crippen LogP contribution < -0.4 is 0 Å². The highest BCUT2D eigenvalue weighted by Gasteiger charge is 2.46. The smallest absolute Gasteiger partial charge is 0.343 e. The van der Waals surface area contributed by atoms with Crippen LogP contribution in [0.4, 0.5) is 0 Å². The van der Waals surface area contributed by atoms with Gasteiger partial charge in [0.05, 0.1) is 0 Å². The first-order valence-corrected chi connectivity index (χ1v) is 11.8.